The van der Waals surface area contributed by atoms with Gasteiger partial charge < -0.3 is 0 Å². The molecule has 0 radical (unpaired) electrons. The summed E-state index contributed by atoms with van der Waals surface area (Å²) in [6, 6.07) is 9.03. The molecule has 2 fully saturated rings. The van der Waals surface area contributed by atoms with Gasteiger partial charge in [-0.1, -0.05) is 29.8 Å². The van der Waals surface area contributed by atoms with E-state index in [2.05, 4.69) is 31.2 Å². The third kappa shape index (κ3) is 4.43. The Balaban J connectivity index is 1.48. The van der Waals surface area contributed by atoms with Gasteiger partial charge in [-0.2, -0.15) is 8.78 Å². The van der Waals surface area contributed by atoms with Crippen LogP contribution in [0.3, 0.4) is 0 Å². The quantitative estimate of drug-likeness (QED) is 0.571. The van der Waals surface area contributed by atoms with Gasteiger partial charge in [0.2, 0.25) is 0 Å². The molecule has 0 nitrogen and oxygen atoms in total. The van der Waals surface area contributed by atoms with Crippen LogP contribution in [-0.2, 0) is 0 Å². The third-order valence-electron chi connectivity index (χ3n) is 6.17. The van der Waals surface area contributed by atoms with Crippen molar-refractivity contribution in [2.75, 3.05) is 0 Å². The molecule has 0 aliphatic heterocycles. The summed E-state index contributed by atoms with van der Waals surface area (Å²) in [7, 11) is 0. The number of benzene rings is 1. The highest BCUT2D eigenvalue weighted by atomic mass is 19.3. The fourth-order valence-electron chi connectivity index (χ4n) is 4.72. The van der Waals surface area contributed by atoms with E-state index in [0.29, 0.717) is 0 Å². The van der Waals surface area contributed by atoms with Gasteiger partial charge in [-0.3, -0.25) is 0 Å². The molecule has 0 amide bonds. The van der Waals surface area contributed by atoms with Crippen LogP contribution in [0.5, 0.6) is 0 Å². The van der Waals surface area contributed by atoms with E-state index in [4.69, 9.17) is 0 Å². The van der Waals surface area contributed by atoms with Crippen molar-refractivity contribution in [3.05, 3.63) is 47.5 Å². The highest BCUT2D eigenvalue weighted by Gasteiger charge is 2.31. The molecule has 1 aromatic rings. The van der Waals surface area contributed by atoms with Gasteiger partial charge in [-0.15, -0.1) is 0 Å². The summed E-state index contributed by atoms with van der Waals surface area (Å²) in [5, 5.41) is 0. The fourth-order valence-corrected chi connectivity index (χ4v) is 4.72. The lowest BCUT2D eigenvalue weighted by Gasteiger charge is -2.37. The van der Waals surface area contributed by atoms with Crippen LogP contribution >= 0.6 is 0 Å². The van der Waals surface area contributed by atoms with Gasteiger partial charge in [-0.05, 0) is 93.6 Å². The van der Waals surface area contributed by atoms with E-state index in [0.717, 1.165) is 43.4 Å². The normalized spacial score (nSPS) is 31.6. The van der Waals surface area contributed by atoms with Crippen LogP contribution in [0.1, 0.15) is 68.4 Å². The largest absolute Gasteiger partial charge is 0.266 e. The molecular formula is C21H28F2. The Bertz CT molecular complexity index is 511. The minimum atomic E-state index is -1.49. The molecule has 0 bridgehead atoms. The Labute approximate surface area is 139 Å². The zero-order chi connectivity index (χ0) is 16.2. The molecule has 2 aliphatic rings. The monoisotopic (exact) mass is 318 g/mol. The highest BCUT2D eigenvalue weighted by Crippen LogP contribution is 2.44. The first-order chi connectivity index (χ1) is 11.1. The first-order valence-electron chi connectivity index (χ1n) is 9.21. The fraction of sp³-hybridized carbons (Fsp3) is 0.619. The zero-order valence-electron chi connectivity index (χ0n) is 14.1. The van der Waals surface area contributed by atoms with Crippen LogP contribution in [0.4, 0.5) is 8.78 Å². The van der Waals surface area contributed by atoms with Gasteiger partial charge in [0.1, 0.15) is 0 Å². The lowest BCUT2D eigenvalue weighted by Crippen LogP contribution is -2.25. The van der Waals surface area contributed by atoms with Gasteiger partial charge in [-0.25, -0.2) is 0 Å². The molecule has 0 saturated heterocycles. The summed E-state index contributed by atoms with van der Waals surface area (Å²) in [5.74, 6) is 2.46. The number of allylic oxidation sites excluding steroid dienone is 1. The van der Waals surface area contributed by atoms with Crippen molar-refractivity contribution in [2.45, 2.75) is 64.2 Å². The molecular weight excluding hydrogens is 290 g/mol. The second-order valence-electron chi connectivity index (χ2n) is 7.65. The van der Waals surface area contributed by atoms with Crippen LogP contribution < -0.4 is 0 Å². The maximum Gasteiger partial charge on any atom is 0.266 e. The van der Waals surface area contributed by atoms with E-state index in [-0.39, 0.29) is 5.92 Å². The Hall–Kier alpha value is -1.18. The third-order valence-corrected chi connectivity index (χ3v) is 6.17. The van der Waals surface area contributed by atoms with Gasteiger partial charge >= 0.3 is 0 Å². The van der Waals surface area contributed by atoms with E-state index >= 15 is 0 Å². The average molecular weight is 318 g/mol. The average Bonchev–Trinajstić information content (AvgIpc) is 2.56. The van der Waals surface area contributed by atoms with Crippen LogP contribution in [-0.4, -0.2) is 0 Å². The Morgan fingerprint density at radius 1 is 0.826 bits per heavy atom. The highest BCUT2D eigenvalue weighted by molar-refractivity contribution is 5.24. The summed E-state index contributed by atoms with van der Waals surface area (Å²) < 4.78 is 24.7. The Morgan fingerprint density at radius 3 is 1.87 bits per heavy atom. The minimum absolute atomic E-state index is 0.125. The van der Waals surface area contributed by atoms with E-state index in [9.17, 15) is 8.78 Å². The van der Waals surface area contributed by atoms with Gasteiger partial charge in [0.05, 0.1) is 0 Å². The maximum atomic E-state index is 12.4. The van der Waals surface area contributed by atoms with Crippen LogP contribution in [0, 0.1) is 24.7 Å². The van der Waals surface area contributed by atoms with Crippen molar-refractivity contribution >= 4 is 0 Å². The molecule has 0 aromatic heterocycles. The second-order valence-corrected chi connectivity index (χ2v) is 7.65. The molecule has 0 spiro atoms. The van der Waals surface area contributed by atoms with Crippen molar-refractivity contribution in [2.24, 2.45) is 17.8 Å². The Morgan fingerprint density at radius 2 is 1.35 bits per heavy atom. The molecule has 2 saturated carbocycles. The summed E-state index contributed by atoms with van der Waals surface area (Å²) in [5.41, 5.74) is 2.83. The predicted molar refractivity (Wildman–Crippen MR) is 91.6 cm³/mol. The molecule has 126 valence electrons. The molecule has 2 heteroatoms. The van der Waals surface area contributed by atoms with Crippen LogP contribution in [0.2, 0.25) is 0 Å². The van der Waals surface area contributed by atoms with Gasteiger partial charge in [0.15, 0.2) is 0 Å². The first kappa shape index (κ1) is 16.7. The summed E-state index contributed by atoms with van der Waals surface area (Å²) >= 11 is 0. The number of hydrogen-bond donors (Lipinski definition) is 0. The summed E-state index contributed by atoms with van der Waals surface area (Å²) in [6.07, 6.45) is 9.14. The summed E-state index contributed by atoms with van der Waals surface area (Å²) in [4.78, 5) is 0. The number of rotatable bonds is 3. The molecule has 0 N–H and O–H groups in total. The van der Waals surface area contributed by atoms with Crippen LogP contribution in [0.25, 0.3) is 0 Å². The van der Waals surface area contributed by atoms with E-state index in [1.54, 1.807) is 0 Å². The maximum absolute atomic E-state index is 12.4. The molecule has 23 heavy (non-hydrogen) atoms. The molecule has 0 heterocycles. The topological polar surface area (TPSA) is 0 Å². The van der Waals surface area contributed by atoms with Crippen LogP contribution in [0.15, 0.2) is 36.4 Å². The number of aryl methyl sites for hydroxylation is 1. The molecule has 0 atom stereocenters. The molecule has 1 aromatic carbocycles. The van der Waals surface area contributed by atoms with Gasteiger partial charge in [0.25, 0.3) is 6.08 Å². The standard InChI is InChI=1S/C21H28F2/c1-15-2-6-17(7-3-15)19-10-12-20(13-11-19)18-8-4-16(5-9-18)14-21(22)23/h2-3,6-7,14,16,18-20H,4-5,8-13H2,1H3. The van der Waals surface area contributed by atoms with E-state index < -0.39 is 6.08 Å². The number of halogens is 2. The zero-order valence-corrected chi connectivity index (χ0v) is 14.1. The molecule has 3 rings (SSSR count). The first-order valence-corrected chi connectivity index (χ1v) is 9.21. The SMILES string of the molecule is Cc1ccc(C2CCC(C3CCC(C=C(F)F)CC3)CC2)cc1. The second kappa shape index (κ2) is 7.59. The van der Waals surface area contributed by atoms with Crippen molar-refractivity contribution < 1.29 is 8.78 Å². The van der Waals surface area contributed by atoms with Crippen molar-refractivity contribution in [1.82, 2.24) is 0 Å². The summed E-state index contributed by atoms with van der Waals surface area (Å²) in [6.45, 7) is 2.14. The molecule has 0 unspecified atom stereocenters. The Kier molecular flexibility index (Phi) is 5.50. The van der Waals surface area contributed by atoms with E-state index in [1.807, 2.05) is 0 Å². The van der Waals surface area contributed by atoms with Crippen molar-refractivity contribution in [3.8, 4) is 0 Å². The molecule has 2 aliphatic carbocycles. The van der Waals surface area contributed by atoms with E-state index in [1.165, 1.54) is 42.9 Å². The predicted octanol–water partition coefficient (Wildman–Crippen LogP) is 6.86. The lowest BCUT2D eigenvalue weighted by molar-refractivity contribution is 0.170. The smallest absolute Gasteiger partial charge is 0.174 e. The van der Waals surface area contributed by atoms with Crippen molar-refractivity contribution in [1.29, 1.82) is 0 Å². The van der Waals surface area contributed by atoms with Crippen molar-refractivity contribution in [3.63, 3.8) is 0 Å². The van der Waals surface area contributed by atoms with Gasteiger partial charge in [0, 0.05) is 0 Å². The minimum Gasteiger partial charge on any atom is -0.174 e. The lowest BCUT2D eigenvalue weighted by atomic mass is 9.68. The number of hydrogen-bond acceptors (Lipinski definition) is 0.